The van der Waals surface area contributed by atoms with Crippen molar-refractivity contribution in [2.75, 3.05) is 13.2 Å². The van der Waals surface area contributed by atoms with Gasteiger partial charge >= 0.3 is 23.5 Å². The predicted octanol–water partition coefficient (Wildman–Crippen LogP) is -1.71. The summed E-state index contributed by atoms with van der Waals surface area (Å²) in [5, 5.41) is 10.6. The van der Waals surface area contributed by atoms with Gasteiger partial charge in [-0.25, -0.2) is 23.7 Å². The monoisotopic (exact) mass is 507 g/mol. The highest BCUT2D eigenvalue weighted by atomic mass is 31.3. The molecule has 3 aliphatic rings. The number of aliphatic hydroxyl groups is 1. The molecule has 31 heavy (non-hydrogen) atoms. The minimum atomic E-state index is -5.59. The lowest BCUT2D eigenvalue weighted by atomic mass is 10.0. The number of phosphoric ester groups is 1. The second-order valence-corrected chi connectivity index (χ2v) is 11.0. The van der Waals surface area contributed by atoms with Crippen LogP contribution in [0.2, 0.25) is 0 Å². The summed E-state index contributed by atoms with van der Waals surface area (Å²) in [5.74, 6) is 0.278. The number of nitrogens with zero attached hydrogens (tertiary/aromatic N) is 4. The van der Waals surface area contributed by atoms with E-state index in [9.17, 15) is 23.7 Å². The Bertz CT molecular complexity index is 922. The van der Waals surface area contributed by atoms with Gasteiger partial charge in [0.05, 0.1) is 31.7 Å². The summed E-state index contributed by atoms with van der Waals surface area (Å²) >= 11 is 0. The Balaban J connectivity index is 1.50. The molecule has 20 heteroatoms. The van der Waals surface area contributed by atoms with Gasteiger partial charge in [-0.2, -0.15) is 8.62 Å². The largest absolute Gasteiger partial charge is 0.490 e. The molecule has 0 aromatic rings. The van der Waals surface area contributed by atoms with Crippen LogP contribution in [-0.4, -0.2) is 91.8 Å². The average molecular weight is 507 g/mol. The summed E-state index contributed by atoms with van der Waals surface area (Å²) in [4.78, 5) is 49.5. The van der Waals surface area contributed by atoms with Crippen molar-refractivity contribution in [1.29, 1.82) is 0 Å². The van der Waals surface area contributed by atoms with E-state index < -0.39 is 60.5 Å². The van der Waals surface area contributed by atoms with Crippen molar-refractivity contribution >= 4 is 42.0 Å². The summed E-state index contributed by atoms with van der Waals surface area (Å²) in [7, 11) is -16.3. The van der Waals surface area contributed by atoms with Crippen LogP contribution in [0.1, 0.15) is 6.42 Å². The zero-order valence-electron chi connectivity index (χ0n) is 15.5. The van der Waals surface area contributed by atoms with Crippen LogP contribution in [0.4, 0.5) is 0 Å². The zero-order chi connectivity index (χ0) is 23.0. The number of amidine groups is 1. The molecule has 0 bridgehead atoms. The maximum Gasteiger partial charge on any atom is 0.490 e. The molecule has 0 saturated carbocycles. The van der Waals surface area contributed by atoms with E-state index in [2.05, 4.69) is 28.1 Å². The summed E-state index contributed by atoms with van der Waals surface area (Å²) < 4.78 is 50.8. The molecule has 7 N–H and O–H groups in total. The molecule has 1 fully saturated rings. The van der Waals surface area contributed by atoms with Crippen molar-refractivity contribution in [2.45, 2.75) is 36.9 Å². The van der Waals surface area contributed by atoms with E-state index in [1.165, 1.54) is 12.7 Å². The van der Waals surface area contributed by atoms with Crippen molar-refractivity contribution in [3.8, 4) is 0 Å². The number of rotatable bonds is 9. The van der Waals surface area contributed by atoms with E-state index >= 15 is 0 Å². The third-order valence-electron chi connectivity index (χ3n) is 4.39. The van der Waals surface area contributed by atoms with Gasteiger partial charge in [0.15, 0.2) is 6.17 Å². The fourth-order valence-corrected chi connectivity index (χ4v) is 6.17. The highest BCUT2D eigenvalue weighted by Gasteiger charge is 2.46. The van der Waals surface area contributed by atoms with Crippen LogP contribution in [0.5, 0.6) is 0 Å². The highest BCUT2D eigenvalue weighted by molar-refractivity contribution is 7.66. The molecule has 0 aromatic heterocycles. The van der Waals surface area contributed by atoms with Gasteiger partial charge in [0.2, 0.25) is 0 Å². The molecule has 3 aliphatic heterocycles. The SMILES string of the molecule is NC1=NC=NC2C1N=CN2[C@H]1CO[C@@H](CCOP(=O)(O)OP(=O)(O)OP(=O)(O)O)[C@@H]1O. The van der Waals surface area contributed by atoms with Gasteiger partial charge in [-0.3, -0.25) is 9.52 Å². The van der Waals surface area contributed by atoms with Gasteiger partial charge < -0.3 is 40.1 Å². The fourth-order valence-electron chi connectivity index (χ4n) is 3.14. The van der Waals surface area contributed by atoms with Crippen LogP contribution in [0.3, 0.4) is 0 Å². The minimum Gasteiger partial charge on any atom is -0.388 e. The summed E-state index contributed by atoms with van der Waals surface area (Å²) in [5.41, 5.74) is 5.78. The molecular formula is C11H20N5O12P3. The number of nitrogens with two attached hydrogens (primary N) is 1. The standard InChI is InChI=1S/C11H20N5O12P3/c12-10-8-11(14-4-13-10)16(5-15-8)6-3-25-7(9(6)17)1-2-26-30(21,22)28-31(23,24)27-29(18,19)20/h4-9,11,17H,1-3H2,(H,21,22)(H,23,24)(H2,12,13,14)(H2,18,19,20)/t6-,7-,8?,9+,11?/m0/s1. The van der Waals surface area contributed by atoms with Crippen LogP contribution in [0.25, 0.3) is 0 Å². The lowest BCUT2D eigenvalue weighted by Gasteiger charge is -2.32. The van der Waals surface area contributed by atoms with E-state index in [4.69, 9.17) is 25.2 Å². The molecule has 0 amide bonds. The molecular weight excluding hydrogens is 487 g/mol. The van der Waals surface area contributed by atoms with Crippen molar-refractivity contribution < 1.29 is 56.3 Å². The van der Waals surface area contributed by atoms with E-state index in [0.717, 1.165) is 0 Å². The fraction of sp³-hybridized carbons (Fsp3) is 0.727. The number of aliphatic hydroxyl groups excluding tert-OH is 1. The van der Waals surface area contributed by atoms with Crippen molar-refractivity contribution in [3.05, 3.63) is 0 Å². The van der Waals surface area contributed by atoms with Crippen molar-refractivity contribution in [3.63, 3.8) is 0 Å². The van der Waals surface area contributed by atoms with Crippen LogP contribution >= 0.6 is 23.5 Å². The van der Waals surface area contributed by atoms with Crippen LogP contribution < -0.4 is 5.73 Å². The smallest absolute Gasteiger partial charge is 0.388 e. The normalized spacial score (nSPS) is 34.3. The second-order valence-electron chi connectivity index (χ2n) is 6.53. The molecule has 0 spiro atoms. The number of hydrogen-bond donors (Lipinski definition) is 6. The van der Waals surface area contributed by atoms with Crippen LogP contribution in [0.15, 0.2) is 15.0 Å². The molecule has 0 aliphatic carbocycles. The molecule has 17 nitrogen and oxygen atoms in total. The lowest BCUT2D eigenvalue weighted by molar-refractivity contribution is 0.0205. The lowest BCUT2D eigenvalue weighted by Crippen LogP contribution is -2.51. The topological polar surface area (TPSA) is 256 Å². The maximum atomic E-state index is 11.7. The molecule has 3 heterocycles. The van der Waals surface area contributed by atoms with E-state index in [1.807, 2.05) is 0 Å². The zero-order valence-corrected chi connectivity index (χ0v) is 18.1. The van der Waals surface area contributed by atoms with Crippen LogP contribution in [-0.2, 0) is 31.6 Å². The maximum absolute atomic E-state index is 11.7. The quantitative estimate of drug-likeness (QED) is 0.190. The Morgan fingerprint density at radius 3 is 2.55 bits per heavy atom. The molecule has 7 atom stereocenters. The van der Waals surface area contributed by atoms with Gasteiger partial charge in [-0.05, 0) is 0 Å². The van der Waals surface area contributed by atoms with Gasteiger partial charge in [-0.1, -0.05) is 0 Å². The summed E-state index contributed by atoms with van der Waals surface area (Å²) in [6, 6.07) is -1.04. The second kappa shape index (κ2) is 9.06. The molecule has 1 saturated heterocycles. The van der Waals surface area contributed by atoms with E-state index in [1.54, 1.807) is 4.90 Å². The Morgan fingerprint density at radius 2 is 1.87 bits per heavy atom. The number of hydrogen-bond acceptors (Lipinski definition) is 13. The first kappa shape index (κ1) is 24.6. The average Bonchev–Trinajstić information content (AvgIpc) is 3.16. The van der Waals surface area contributed by atoms with E-state index in [-0.39, 0.29) is 18.9 Å². The van der Waals surface area contributed by atoms with Gasteiger partial charge in [0.25, 0.3) is 0 Å². The molecule has 176 valence electrons. The molecule has 0 aromatic carbocycles. The minimum absolute atomic E-state index is 0.0723. The Labute approximate surface area is 174 Å². The summed E-state index contributed by atoms with van der Waals surface area (Å²) in [6.07, 6.45) is 0.224. The first-order chi connectivity index (χ1) is 14.3. The van der Waals surface area contributed by atoms with Crippen molar-refractivity contribution in [2.24, 2.45) is 20.7 Å². The summed E-state index contributed by atoms with van der Waals surface area (Å²) in [6.45, 7) is -0.501. The molecule has 3 rings (SSSR count). The van der Waals surface area contributed by atoms with Gasteiger partial charge in [-0.15, -0.1) is 0 Å². The Morgan fingerprint density at radius 1 is 1.16 bits per heavy atom. The Hall–Kier alpha value is -1.06. The van der Waals surface area contributed by atoms with E-state index in [0.29, 0.717) is 0 Å². The Kier molecular flexibility index (Phi) is 7.18. The predicted molar refractivity (Wildman–Crippen MR) is 102 cm³/mol. The third kappa shape index (κ3) is 6.26. The highest BCUT2D eigenvalue weighted by Crippen LogP contribution is 2.66. The molecule has 4 unspecified atom stereocenters. The van der Waals surface area contributed by atoms with Gasteiger partial charge in [0, 0.05) is 6.42 Å². The first-order valence-corrected chi connectivity index (χ1v) is 13.0. The van der Waals surface area contributed by atoms with Crippen molar-refractivity contribution in [1.82, 2.24) is 4.90 Å². The third-order valence-corrected chi connectivity index (χ3v) is 8.23. The van der Waals surface area contributed by atoms with Gasteiger partial charge in [0.1, 0.15) is 24.3 Å². The number of ether oxygens (including phenoxy) is 1. The first-order valence-electron chi connectivity index (χ1n) is 8.51. The molecule has 0 radical (unpaired) electrons. The number of aliphatic imine (C=N–C) groups is 3. The number of phosphoric acid groups is 3. The number of fused-ring (bicyclic) bond motifs is 1. The van der Waals surface area contributed by atoms with Crippen LogP contribution in [0, 0.1) is 0 Å².